The minimum atomic E-state index is 0.254. The largest absolute Gasteiger partial charge is 0.296 e. The third kappa shape index (κ3) is 2.02. The first-order valence-electron chi connectivity index (χ1n) is 4.32. The van der Waals surface area contributed by atoms with E-state index in [4.69, 9.17) is 11.6 Å². The van der Waals surface area contributed by atoms with Crippen molar-refractivity contribution < 1.29 is 4.79 Å². The van der Waals surface area contributed by atoms with E-state index in [1.807, 2.05) is 12.1 Å². The third-order valence-electron chi connectivity index (χ3n) is 1.98. The van der Waals surface area contributed by atoms with Gasteiger partial charge in [0.2, 0.25) is 0 Å². The fourth-order valence-electron chi connectivity index (χ4n) is 1.23. The van der Waals surface area contributed by atoms with Crippen LogP contribution in [0.25, 0.3) is 11.1 Å². The quantitative estimate of drug-likeness (QED) is 0.728. The minimum Gasteiger partial charge on any atom is -0.296 e. The fraction of sp³-hybridized carbons (Fsp3) is 0. The highest BCUT2D eigenvalue weighted by molar-refractivity contribution is 6.32. The Morgan fingerprint density at radius 3 is 2.73 bits per heavy atom. The maximum absolute atomic E-state index is 10.5. The van der Waals surface area contributed by atoms with Crippen molar-refractivity contribution in [2.45, 2.75) is 0 Å². The van der Waals surface area contributed by atoms with E-state index in [2.05, 4.69) is 9.97 Å². The average molecular weight is 219 g/mol. The van der Waals surface area contributed by atoms with Crippen LogP contribution in [0.5, 0.6) is 0 Å². The molecular formula is C11H7ClN2O. The van der Waals surface area contributed by atoms with Crippen molar-refractivity contribution in [3.8, 4) is 11.1 Å². The number of aldehydes is 1. The van der Waals surface area contributed by atoms with Crippen LogP contribution in [-0.4, -0.2) is 16.3 Å². The Hall–Kier alpha value is -1.74. The molecule has 0 aliphatic carbocycles. The highest BCUT2D eigenvalue weighted by Crippen LogP contribution is 2.22. The molecule has 0 aromatic carbocycles. The Morgan fingerprint density at radius 2 is 2.13 bits per heavy atom. The molecule has 0 unspecified atom stereocenters. The molecule has 3 nitrogen and oxygen atoms in total. The van der Waals surface area contributed by atoms with Crippen LogP contribution in [0.1, 0.15) is 10.5 Å². The summed E-state index contributed by atoms with van der Waals surface area (Å²) < 4.78 is 0. The first kappa shape index (κ1) is 9.80. The van der Waals surface area contributed by atoms with Crippen molar-refractivity contribution in [2.75, 3.05) is 0 Å². The van der Waals surface area contributed by atoms with Gasteiger partial charge >= 0.3 is 0 Å². The molecule has 74 valence electrons. The number of pyridine rings is 2. The van der Waals surface area contributed by atoms with Gasteiger partial charge in [-0.3, -0.25) is 14.8 Å². The molecule has 0 spiro atoms. The van der Waals surface area contributed by atoms with Crippen LogP contribution in [0.3, 0.4) is 0 Å². The molecule has 0 N–H and O–H groups in total. The fourth-order valence-corrected chi connectivity index (χ4v) is 1.44. The highest BCUT2D eigenvalue weighted by atomic mass is 35.5. The van der Waals surface area contributed by atoms with E-state index in [0.717, 1.165) is 11.1 Å². The number of rotatable bonds is 2. The zero-order valence-corrected chi connectivity index (χ0v) is 8.48. The van der Waals surface area contributed by atoms with Gasteiger partial charge in [0.15, 0.2) is 6.29 Å². The molecule has 0 aliphatic heterocycles. The number of halogens is 1. The smallest absolute Gasteiger partial charge is 0.169 e. The molecule has 0 radical (unpaired) electrons. The van der Waals surface area contributed by atoms with E-state index in [9.17, 15) is 4.79 Å². The summed E-state index contributed by atoms with van der Waals surface area (Å²) in [5.41, 5.74) is 2.02. The van der Waals surface area contributed by atoms with Gasteiger partial charge in [-0.15, -0.1) is 0 Å². The lowest BCUT2D eigenvalue weighted by Gasteiger charge is -2.01. The Labute approximate surface area is 91.8 Å². The number of hydrogen-bond acceptors (Lipinski definition) is 3. The molecule has 15 heavy (non-hydrogen) atoms. The Kier molecular flexibility index (Phi) is 2.74. The summed E-state index contributed by atoms with van der Waals surface area (Å²) >= 11 is 5.87. The molecule has 0 amide bonds. The second kappa shape index (κ2) is 4.19. The number of aromatic nitrogens is 2. The molecule has 0 aliphatic rings. The van der Waals surface area contributed by atoms with Gasteiger partial charge in [0.25, 0.3) is 0 Å². The van der Waals surface area contributed by atoms with Crippen LogP contribution in [0.4, 0.5) is 0 Å². The van der Waals surface area contributed by atoms with E-state index in [1.54, 1.807) is 24.7 Å². The maximum atomic E-state index is 10.5. The van der Waals surface area contributed by atoms with Crippen LogP contribution in [0.15, 0.2) is 36.8 Å². The molecule has 0 bridgehead atoms. The first-order chi connectivity index (χ1) is 7.31. The molecule has 2 heterocycles. The van der Waals surface area contributed by atoms with Gasteiger partial charge in [-0.05, 0) is 12.1 Å². The molecule has 0 fully saturated rings. The first-order valence-corrected chi connectivity index (χ1v) is 4.70. The van der Waals surface area contributed by atoms with E-state index in [1.165, 1.54) is 0 Å². The predicted octanol–water partition coefficient (Wildman–Crippen LogP) is 2.61. The number of nitrogens with zero attached hydrogens (tertiary/aromatic N) is 2. The zero-order chi connectivity index (χ0) is 10.7. The minimum absolute atomic E-state index is 0.254. The van der Waals surface area contributed by atoms with Crippen molar-refractivity contribution in [3.63, 3.8) is 0 Å². The molecule has 2 aromatic heterocycles. The molecule has 0 saturated heterocycles. The molecule has 0 atom stereocenters. The molecule has 2 rings (SSSR count). The second-order valence-electron chi connectivity index (χ2n) is 2.95. The van der Waals surface area contributed by atoms with Gasteiger partial charge in [0, 0.05) is 29.7 Å². The number of carbonyl (C=O) groups excluding carboxylic acids is 1. The van der Waals surface area contributed by atoms with Crippen molar-refractivity contribution in [2.24, 2.45) is 0 Å². The van der Waals surface area contributed by atoms with Crippen LogP contribution < -0.4 is 0 Å². The SMILES string of the molecule is O=Cc1ncc(-c2cccnc2)cc1Cl. The average Bonchev–Trinajstić information content (AvgIpc) is 2.30. The Balaban J connectivity index is 2.47. The third-order valence-corrected chi connectivity index (χ3v) is 2.28. The molecular weight excluding hydrogens is 212 g/mol. The topological polar surface area (TPSA) is 42.9 Å². The van der Waals surface area contributed by atoms with Crippen LogP contribution in [0, 0.1) is 0 Å². The summed E-state index contributed by atoms with van der Waals surface area (Å²) in [6, 6.07) is 5.44. The molecule has 4 heteroatoms. The van der Waals surface area contributed by atoms with Crippen LogP contribution in [-0.2, 0) is 0 Å². The number of carbonyl (C=O) groups is 1. The zero-order valence-electron chi connectivity index (χ0n) is 7.72. The summed E-state index contributed by atoms with van der Waals surface area (Å²) in [6.45, 7) is 0. The Bertz CT molecular complexity index is 485. The summed E-state index contributed by atoms with van der Waals surface area (Å²) in [5.74, 6) is 0. The highest BCUT2D eigenvalue weighted by Gasteiger charge is 2.03. The van der Waals surface area contributed by atoms with Crippen molar-refractivity contribution in [3.05, 3.63) is 47.5 Å². The van der Waals surface area contributed by atoms with E-state index >= 15 is 0 Å². The van der Waals surface area contributed by atoms with Gasteiger partial charge in [-0.2, -0.15) is 0 Å². The normalized spacial score (nSPS) is 9.93. The lowest BCUT2D eigenvalue weighted by atomic mass is 10.1. The van der Waals surface area contributed by atoms with Gasteiger partial charge < -0.3 is 0 Å². The van der Waals surface area contributed by atoms with Gasteiger partial charge in [0.1, 0.15) is 5.69 Å². The summed E-state index contributed by atoms with van der Waals surface area (Å²) in [7, 11) is 0. The van der Waals surface area contributed by atoms with Crippen molar-refractivity contribution >= 4 is 17.9 Å². The summed E-state index contributed by atoms with van der Waals surface area (Å²) in [5, 5.41) is 0.353. The Morgan fingerprint density at radius 1 is 1.27 bits per heavy atom. The van der Waals surface area contributed by atoms with Crippen LogP contribution in [0.2, 0.25) is 5.02 Å². The summed E-state index contributed by atoms with van der Waals surface area (Å²) in [6.07, 6.45) is 5.65. The monoisotopic (exact) mass is 218 g/mol. The van der Waals surface area contributed by atoms with Crippen molar-refractivity contribution in [1.29, 1.82) is 0 Å². The lowest BCUT2D eigenvalue weighted by Crippen LogP contribution is -1.89. The number of hydrogen-bond donors (Lipinski definition) is 0. The van der Waals surface area contributed by atoms with Gasteiger partial charge in [0.05, 0.1) is 5.02 Å². The van der Waals surface area contributed by atoms with Crippen LogP contribution >= 0.6 is 11.6 Å². The van der Waals surface area contributed by atoms with Gasteiger partial charge in [-0.1, -0.05) is 17.7 Å². The standard InChI is InChI=1S/C11H7ClN2O/c12-10-4-9(6-14-11(10)7-15)8-2-1-3-13-5-8/h1-7H. The lowest BCUT2D eigenvalue weighted by molar-refractivity contribution is 0.111. The van der Waals surface area contributed by atoms with Gasteiger partial charge in [-0.25, -0.2) is 0 Å². The van der Waals surface area contributed by atoms with E-state index < -0.39 is 0 Å². The predicted molar refractivity (Wildman–Crippen MR) is 57.9 cm³/mol. The van der Waals surface area contributed by atoms with E-state index in [0.29, 0.717) is 11.3 Å². The maximum Gasteiger partial charge on any atom is 0.169 e. The van der Waals surface area contributed by atoms with E-state index in [-0.39, 0.29) is 5.69 Å². The molecule has 0 saturated carbocycles. The molecule has 2 aromatic rings. The van der Waals surface area contributed by atoms with Crippen molar-refractivity contribution in [1.82, 2.24) is 9.97 Å². The second-order valence-corrected chi connectivity index (χ2v) is 3.36. The summed E-state index contributed by atoms with van der Waals surface area (Å²) in [4.78, 5) is 18.5.